The SMILES string of the molecule is CCCC(NC(=O)C1CCN(S(N)(=O)=O)CC1)c1ccccc1. The van der Waals surface area contributed by atoms with Crippen LogP contribution in [0, 0.1) is 5.92 Å². The van der Waals surface area contributed by atoms with Crippen LogP contribution in [0.1, 0.15) is 44.2 Å². The van der Waals surface area contributed by atoms with E-state index in [-0.39, 0.29) is 17.9 Å². The molecule has 3 N–H and O–H groups in total. The first kappa shape index (κ1) is 17.9. The molecule has 2 rings (SSSR count). The quantitative estimate of drug-likeness (QED) is 0.824. The predicted molar refractivity (Wildman–Crippen MR) is 89.6 cm³/mol. The molecule has 1 aliphatic heterocycles. The van der Waals surface area contributed by atoms with E-state index in [1.165, 1.54) is 4.31 Å². The first-order valence-electron chi connectivity index (χ1n) is 8.05. The average Bonchev–Trinajstić information content (AvgIpc) is 2.54. The van der Waals surface area contributed by atoms with E-state index >= 15 is 0 Å². The van der Waals surface area contributed by atoms with Gasteiger partial charge >= 0.3 is 0 Å². The highest BCUT2D eigenvalue weighted by molar-refractivity contribution is 7.86. The van der Waals surface area contributed by atoms with Gasteiger partial charge in [0.05, 0.1) is 6.04 Å². The summed E-state index contributed by atoms with van der Waals surface area (Å²) in [7, 11) is -3.65. The third-order valence-corrected chi connectivity index (χ3v) is 5.37. The summed E-state index contributed by atoms with van der Waals surface area (Å²) in [5.74, 6) is -0.155. The van der Waals surface area contributed by atoms with Gasteiger partial charge < -0.3 is 5.32 Å². The third kappa shape index (κ3) is 5.02. The molecule has 1 aromatic rings. The summed E-state index contributed by atoms with van der Waals surface area (Å²) in [4.78, 5) is 12.5. The summed E-state index contributed by atoms with van der Waals surface area (Å²) in [6.45, 7) is 2.70. The lowest BCUT2D eigenvalue weighted by Gasteiger charge is -2.30. The van der Waals surface area contributed by atoms with Crippen molar-refractivity contribution < 1.29 is 13.2 Å². The van der Waals surface area contributed by atoms with Crippen molar-refractivity contribution >= 4 is 16.1 Å². The van der Waals surface area contributed by atoms with Crippen molar-refractivity contribution in [3.05, 3.63) is 35.9 Å². The van der Waals surface area contributed by atoms with Gasteiger partial charge in [-0.3, -0.25) is 4.79 Å². The fourth-order valence-corrected chi connectivity index (χ4v) is 3.68. The Balaban J connectivity index is 1.95. The van der Waals surface area contributed by atoms with Crippen LogP contribution in [-0.2, 0) is 15.0 Å². The van der Waals surface area contributed by atoms with Crippen molar-refractivity contribution in [2.24, 2.45) is 11.1 Å². The zero-order valence-electron chi connectivity index (χ0n) is 13.4. The van der Waals surface area contributed by atoms with Crippen LogP contribution >= 0.6 is 0 Å². The van der Waals surface area contributed by atoms with E-state index in [4.69, 9.17) is 5.14 Å². The lowest BCUT2D eigenvalue weighted by molar-refractivity contribution is -0.127. The van der Waals surface area contributed by atoms with Gasteiger partial charge in [-0.2, -0.15) is 12.7 Å². The van der Waals surface area contributed by atoms with Crippen LogP contribution in [0.25, 0.3) is 0 Å². The first-order chi connectivity index (χ1) is 10.9. The van der Waals surface area contributed by atoms with Gasteiger partial charge in [-0.05, 0) is 24.8 Å². The molecule has 0 bridgehead atoms. The monoisotopic (exact) mass is 339 g/mol. The number of nitrogens with one attached hydrogen (secondary N) is 1. The Morgan fingerprint density at radius 1 is 1.30 bits per heavy atom. The van der Waals surface area contributed by atoms with E-state index < -0.39 is 10.2 Å². The van der Waals surface area contributed by atoms with Gasteiger partial charge in [-0.25, -0.2) is 5.14 Å². The minimum Gasteiger partial charge on any atom is -0.349 e. The third-order valence-electron chi connectivity index (χ3n) is 4.28. The summed E-state index contributed by atoms with van der Waals surface area (Å²) in [6.07, 6.45) is 2.88. The minimum absolute atomic E-state index is 0.00127. The Morgan fingerprint density at radius 2 is 1.91 bits per heavy atom. The van der Waals surface area contributed by atoms with Crippen molar-refractivity contribution in [3.63, 3.8) is 0 Å². The molecule has 128 valence electrons. The molecule has 0 spiro atoms. The Hall–Kier alpha value is -1.44. The van der Waals surface area contributed by atoms with Crippen molar-refractivity contribution in [1.29, 1.82) is 0 Å². The van der Waals surface area contributed by atoms with E-state index in [1.807, 2.05) is 30.3 Å². The van der Waals surface area contributed by atoms with E-state index in [2.05, 4.69) is 12.2 Å². The molecular formula is C16H25N3O3S. The summed E-state index contributed by atoms with van der Waals surface area (Å²) in [6, 6.07) is 9.93. The first-order valence-corrected chi connectivity index (χ1v) is 9.55. The Morgan fingerprint density at radius 3 is 2.43 bits per heavy atom. The summed E-state index contributed by atoms with van der Waals surface area (Å²) in [5, 5.41) is 8.24. The van der Waals surface area contributed by atoms with Crippen LogP contribution in [0.15, 0.2) is 30.3 Å². The van der Waals surface area contributed by atoms with Crippen molar-refractivity contribution in [2.45, 2.75) is 38.6 Å². The molecule has 1 heterocycles. The van der Waals surface area contributed by atoms with Crippen LogP contribution in [-0.4, -0.2) is 31.7 Å². The number of amides is 1. The molecule has 0 aliphatic carbocycles. The highest BCUT2D eigenvalue weighted by Gasteiger charge is 2.30. The molecule has 0 aromatic heterocycles. The van der Waals surface area contributed by atoms with E-state index in [0.717, 1.165) is 18.4 Å². The van der Waals surface area contributed by atoms with E-state index in [1.54, 1.807) is 0 Å². The summed E-state index contributed by atoms with van der Waals surface area (Å²) >= 11 is 0. The largest absolute Gasteiger partial charge is 0.349 e. The fraction of sp³-hybridized carbons (Fsp3) is 0.562. The number of carbonyl (C=O) groups excluding carboxylic acids is 1. The van der Waals surface area contributed by atoms with Gasteiger partial charge in [-0.15, -0.1) is 0 Å². The molecule has 7 heteroatoms. The molecule has 1 fully saturated rings. The number of hydrogen-bond acceptors (Lipinski definition) is 3. The molecule has 23 heavy (non-hydrogen) atoms. The maximum absolute atomic E-state index is 12.5. The van der Waals surface area contributed by atoms with Gasteiger partial charge in [0.15, 0.2) is 0 Å². The highest BCUT2D eigenvalue weighted by atomic mass is 32.2. The molecule has 1 atom stereocenters. The smallest absolute Gasteiger partial charge is 0.276 e. The van der Waals surface area contributed by atoms with Crippen molar-refractivity contribution in [2.75, 3.05) is 13.1 Å². The number of nitrogens with two attached hydrogens (primary N) is 1. The number of benzene rings is 1. The lowest BCUT2D eigenvalue weighted by Crippen LogP contribution is -2.45. The van der Waals surface area contributed by atoms with Crippen LogP contribution < -0.4 is 10.5 Å². The minimum atomic E-state index is -3.65. The second kappa shape index (κ2) is 7.90. The van der Waals surface area contributed by atoms with Crippen LogP contribution in [0.2, 0.25) is 0 Å². The van der Waals surface area contributed by atoms with Gasteiger partial charge in [0.2, 0.25) is 5.91 Å². The standard InChI is InChI=1S/C16H25N3O3S/c1-2-6-15(13-7-4-3-5-8-13)18-16(20)14-9-11-19(12-10-14)23(17,21)22/h3-5,7-8,14-15H,2,6,9-12H2,1H3,(H,18,20)(H2,17,21,22). The van der Waals surface area contributed by atoms with Gasteiger partial charge in [0.25, 0.3) is 10.2 Å². The van der Waals surface area contributed by atoms with Gasteiger partial charge in [0.1, 0.15) is 0 Å². The molecule has 1 saturated heterocycles. The number of piperidine rings is 1. The highest BCUT2D eigenvalue weighted by Crippen LogP contribution is 2.22. The Labute approximate surface area is 138 Å². The van der Waals surface area contributed by atoms with Gasteiger partial charge in [-0.1, -0.05) is 43.7 Å². The van der Waals surface area contributed by atoms with Gasteiger partial charge in [0, 0.05) is 19.0 Å². The van der Waals surface area contributed by atoms with Crippen molar-refractivity contribution in [3.8, 4) is 0 Å². The average molecular weight is 339 g/mol. The molecule has 1 aromatic carbocycles. The maximum Gasteiger partial charge on any atom is 0.276 e. The zero-order valence-corrected chi connectivity index (χ0v) is 14.3. The molecule has 6 nitrogen and oxygen atoms in total. The normalized spacial score (nSPS) is 18.5. The topological polar surface area (TPSA) is 92.5 Å². The number of rotatable bonds is 6. The van der Waals surface area contributed by atoms with E-state index in [9.17, 15) is 13.2 Å². The number of hydrogen-bond donors (Lipinski definition) is 2. The number of carbonyl (C=O) groups is 1. The maximum atomic E-state index is 12.5. The molecule has 1 aliphatic rings. The fourth-order valence-electron chi connectivity index (χ4n) is 2.96. The number of nitrogens with zero attached hydrogens (tertiary/aromatic N) is 1. The van der Waals surface area contributed by atoms with Crippen LogP contribution in [0.5, 0.6) is 0 Å². The molecule has 0 saturated carbocycles. The molecule has 1 amide bonds. The second-order valence-corrected chi connectivity index (χ2v) is 7.53. The van der Waals surface area contributed by atoms with Crippen LogP contribution in [0.4, 0.5) is 0 Å². The van der Waals surface area contributed by atoms with Crippen LogP contribution in [0.3, 0.4) is 0 Å². The summed E-state index contributed by atoms with van der Waals surface area (Å²) < 4.78 is 23.9. The molecular weight excluding hydrogens is 314 g/mol. The molecule has 0 radical (unpaired) electrons. The Kier molecular flexibility index (Phi) is 6.15. The van der Waals surface area contributed by atoms with E-state index in [0.29, 0.717) is 25.9 Å². The van der Waals surface area contributed by atoms with Crippen molar-refractivity contribution in [1.82, 2.24) is 9.62 Å². The zero-order chi connectivity index (χ0) is 16.9. The molecule has 1 unspecified atom stereocenters. The predicted octanol–water partition coefficient (Wildman–Crippen LogP) is 1.56. The second-order valence-electron chi connectivity index (χ2n) is 5.98. The lowest BCUT2D eigenvalue weighted by atomic mass is 9.95. The Bertz CT molecular complexity index is 611. The summed E-state index contributed by atoms with van der Waals surface area (Å²) in [5.41, 5.74) is 1.10.